The lowest BCUT2D eigenvalue weighted by atomic mass is 9.87. The minimum atomic E-state index is -0.693. The first-order chi connectivity index (χ1) is 8.90. The number of nitrogens with two attached hydrogens (primary N) is 1. The van der Waals surface area contributed by atoms with Gasteiger partial charge >= 0.3 is 6.03 Å². The highest BCUT2D eigenvalue weighted by Gasteiger charge is 2.25. The maximum absolute atomic E-state index is 12.0. The first kappa shape index (κ1) is 15.8. The predicted molar refractivity (Wildman–Crippen MR) is 72.3 cm³/mol. The van der Waals surface area contributed by atoms with Gasteiger partial charge in [-0.3, -0.25) is 4.79 Å². The molecule has 0 aromatic carbocycles. The van der Waals surface area contributed by atoms with Crippen LogP contribution in [0.25, 0.3) is 0 Å². The minimum Gasteiger partial charge on any atom is -0.393 e. The van der Waals surface area contributed by atoms with Crippen LogP contribution < -0.4 is 16.4 Å². The number of rotatable bonds is 5. The van der Waals surface area contributed by atoms with Gasteiger partial charge in [-0.2, -0.15) is 0 Å². The molecule has 0 aromatic rings. The second kappa shape index (κ2) is 7.33. The van der Waals surface area contributed by atoms with E-state index in [0.29, 0.717) is 12.5 Å². The van der Waals surface area contributed by atoms with Crippen molar-refractivity contribution in [3.05, 3.63) is 0 Å². The lowest BCUT2D eigenvalue weighted by Crippen LogP contribution is -2.52. The summed E-state index contributed by atoms with van der Waals surface area (Å²) in [6.45, 7) is 4.24. The Morgan fingerprint density at radius 3 is 2.58 bits per heavy atom. The number of hydrogen-bond acceptors (Lipinski definition) is 3. The summed E-state index contributed by atoms with van der Waals surface area (Å²) in [5.41, 5.74) is 5.06. The molecule has 1 aliphatic carbocycles. The second-order valence-electron chi connectivity index (χ2n) is 5.66. The third kappa shape index (κ3) is 5.46. The van der Waals surface area contributed by atoms with E-state index in [2.05, 4.69) is 10.6 Å². The predicted octanol–water partition coefficient (Wildman–Crippen LogP) is 0.347. The molecule has 0 spiro atoms. The van der Waals surface area contributed by atoms with E-state index in [-0.39, 0.29) is 17.9 Å². The number of aliphatic hydroxyl groups excluding tert-OH is 1. The van der Waals surface area contributed by atoms with E-state index in [4.69, 9.17) is 5.73 Å². The number of primary amides is 1. The van der Waals surface area contributed by atoms with Crippen LogP contribution >= 0.6 is 0 Å². The van der Waals surface area contributed by atoms with Gasteiger partial charge in [0.25, 0.3) is 0 Å². The first-order valence-corrected chi connectivity index (χ1v) is 6.92. The zero-order chi connectivity index (χ0) is 14.4. The number of hydrogen-bond donors (Lipinski definition) is 4. The molecule has 0 aromatic heterocycles. The SMILES string of the molecule is CC(C)C(NC(N)=O)C(=O)NCC1CCCC(O)C1. The van der Waals surface area contributed by atoms with Gasteiger partial charge in [0, 0.05) is 6.54 Å². The molecule has 0 radical (unpaired) electrons. The van der Waals surface area contributed by atoms with Crippen molar-refractivity contribution in [1.82, 2.24) is 10.6 Å². The Morgan fingerprint density at radius 1 is 1.37 bits per heavy atom. The van der Waals surface area contributed by atoms with Crippen molar-refractivity contribution in [1.29, 1.82) is 0 Å². The molecule has 0 bridgehead atoms. The maximum Gasteiger partial charge on any atom is 0.312 e. The van der Waals surface area contributed by atoms with Crippen LogP contribution in [0.5, 0.6) is 0 Å². The van der Waals surface area contributed by atoms with Crippen molar-refractivity contribution in [3.63, 3.8) is 0 Å². The van der Waals surface area contributed by atoms with E-state index in [1.807, 2.05) is 13.8 Å². The lowest BCUT2D eigenvalue weighted by Gasteiger charge is -2.27. The Morgan fingerprint density at radius 2 is 2.05 bits per heavy atom. The van der Waals surface area contributed by atoms with Crippen LogP contribution in [-0.2, 0) is 4.79 Å². The Hall–Kier alpha value is -1.30. The molecule has 110 valence electrons. The third-order valence-corrected chi connectivity index (χ3v) is 3.57. The molecule has 0 saturated heterocycles. The summed E-state index contributed by atoms with van der Waals surface area (Å²) < 4.78 is 0. The number of amides is 3. The zero-order valence-electron chi connectivity index (χ0n) is 11.7. The van der Waals surface area contributed by atoms with E-state index in [1.54, 1.807) is 0 Å². The molecule has 1 aliphatic rings. The molecular weight excluding hydrogens is 246 g/mol. The number of urea groups is 1. The van der Waals surface area contributed by atoms with Gasteiger partial charge in [0.05, 0.1) is 6.10 Å². The quantitative estimate of drug-likeness (QED) is 0.579. The van der Waals surface area contributed by atoms with Crippen LogP contribution in [0.15, 0.2) is 0 Å². The average molecular weight is 271 g/mol. The summed E-state index contributed by atoms with van der Waals surface area (Å²) in [6.07, 6.45) is 3.35. The second-order valence-corrected chi connectivity index (χ2v) is 5.66. The van der Waals surface area contributed by atoms with Gasteiger partial charge in [0.2, 0.25) is 5.91 Å². The number of aliphatic hydroxyl groups is 1. The summed E-state index contributed by atoms with van der Waals surface area (Å²) in [6, 6.07) is -1.30. The van der Waals surface area contributed by atoms with Crippen molar-refractivity contribution < 1.29 is 14.7 Å². The van der Waals surface area contributed by atoms with E-state index in [0.717, 1.165) is 25.7 Å². The smallest absolute Gasteiger partial charge is 0.312 e. The van der Waals surface area contributed by atoms with Gasteiger partial charge in [-0.15, -0.1) is 0 Å². The van der Waals surface area contributed by atoms with Crippen LogP contribution in [0.1, 0.15) is 39.5 Å². The molecular formula is C13H25N3O3. The molecule has 3 unspecified atom stereocenters. The molecule has 0 heterocycles. The fourth-order valence-electron chi connectivity index (χ4n) is 2.49. The summed E-state index contributed by atoms with van der Waals surface area (Å²) in [7, 11) is 0. The Balaban J connectivity index is 2.41. The standard InChI is InChI=1S/C13H25N3O3/c1-8(2)11(16-13(14)19)12(18)15-7-9-4-3-5-10(17)6-9/h8-11,17H,3-7H2,1-2H3,(H,15,18)(H3,14,16,19). The molecule has 6 nitrogen and oxygen atoms in total. The van der Waals surface area contributed by atoms with E-state index >= 15 is 0 Å². The normalized spacial score (nSPS) is 24.8. The highest BCUT2D eigenvalue weighted by Crippen LogP contribution is 2.23. The number of carbonyl (C=O) groups is 2. The topological polar surface area (TPSA) is 104 Å². The maximum atomic E-state index is 12.0. The van der Waals surface area contributed by atoms with Gasteiger partial charge in [0.1, 0.15) is 6.04 Å². The average Bonchev–Trinajstić information content (AvgIpc) is 2.32. The van der Waals surface area contributed by atoms with Crippen molar-refractivity contribution >= 4 is 11.9 Å². The number of nitrogens with one attached hydrogen (secondary N) is 2. The van der Waals surface area contributed by atoms with Gasteiger partial charge in [-0.05, 0) is 31.1 Å². The largest absolute Gasteiger partial charge is 0.393 e. The molecule has 3 atom stereocenters. The molecule has 19 heavy (non-hydrogen) atoms. The van der Waals surface area contributed by atoms with Crippen LogP contribution in [0.2, 0.25) is 0 Å². The van der Waals surface area contributed by atoms with Crippen molar-refractivity contribution in [2.45, 2.75) is 51.7 Å². The zero-order valence-corrected chi connectivity index (χ0v) is 11.7. The van der Waals surface area contributed by atoms with Crippen LogP contribution in [0.4, 0.5) is 4.79 Å². The van der Waals surface area contributed by atoms with Crippen molar-refractivity contribution in [2.75, 3.05) is 6.54 Å². The molecule has 5 N–H and O–H groups in total. The summed E-state index contributed by atoms with van der Waals surface area (Å²) in [5, 5.41) is 14.9. The molecule has 0 aliphatic heterocycles. The van der Waals surface area contributed by atoms with E-state index < -0.39 is 12.1 Å². The van der Waals surface area contributed by atoms with Crippen molar-refractivity contribution in [3.8, 4) is 0 Å². The first-order valence-electron chi connectivity index (χ1n) is 6.92. The van der Waals surface area contributed by atoms with Gasteiger partial charge < -0.3 is 21.5 Å². The Bertz CT molecular complexity index is 320. The van der Waals surface area contributed by atoms with Crippen LogP contribution in [0.3, 0.4) is 0 Å². The summed E-state index contributed by atoms with van der Waals surface area (Å²) in [5.74, 6) is 0.0763. The molecule has 1 saturated carbocycles. The van der Waals surface area contributed by atoms with Crippen molar-refractivity contribution in [2.24, 2.45) is 17.6 Å². The van der Waals surface area contributed by atoms with E-state index in [1.165, 1.54) is 0 Å². The molecule has 3 amide bonds. The Labute approximate surface area is 114 Å². The monoisotopic (exact) mass is 271 g/mol. The Kier molecular flexibility index (Phi) is 6.08. The number of carbonyl (C=O) groups excluding carboxylic acids is 2. The third-order valence-electron chi connectivity index (χ3n) is 3.57. The van der Waals surface area contributed by atoms with Gasteiger partial charge in [0.15, 0.2) is 0 Å². The summed E-state index contributed by atoms with van der Waals surface area (Å²) in [4.78, 5) is 22.9. The highest BCUT2D eigenvalue weighted by molar-refractivity contribution is 5.86. The van der Waals surface area contributed by atoms with E-state index in [9.17, 15) is 14.7 Å². The molecule has 6 heteroatoms. The van der Waals surface area contributed by atoms with Crippen LogP contribution in [-0.4, -0.2) is 35.7 Å². The van der Waals surface area contributed by atoms with Gasteiger partial charge in [-0.25, -0.2) is 4.79 Å². The fourth-order valence-corrected chi connectivity index (χ4v) is 2.49. The van der Waals surface area contributed by atoms with Gasteiger partial charge in [-0.1, -0.05) is 20.3 Å². The fraction of sp³-hybridized carbons (Fsp3) is 0.846. The summed E-state index contributed by atoms with van der Waals surface area (Å²) >= 11 is 0. The lowest BCUT2D eigenvalue weighted by molar-refractivity contribution is -0.124. The highest BCUT2D eigenvalue weighted by atomic mass is 16.3. The minimum absolute atomic E-state index is 0.0237. The van der Waals surface area contributed by atoms with Crippen LogP contribution in [0, 0.1) is 11.8 Å². The molecule has 1 fully saturated rings. The molecule has 1 rings (SSSR count).